The monoisotopic (exact) mass is 371 g/mol. The van der Waals surface area contributed by atoms with Crippen molar-refractivity contribution in [2.24, 2.45) is 5.41 Å². The molecule has 1 nitrogen and oxygen atoms in total. The Morgan fingerprint density at radius 3 is 2.04 bits per heavy atom. The van der Waals surface area contributed by atoms with E-state index in [1.807, 2.05) is 5.20 Å². The summed E-state index contributed by atoms with van der Waals surface area (Å²) in [6.45, 7) is 19.0. The van der Waals surface area contributed by atoms with E-state index < -0.39 is 17.6 Å². The lowest BCUT2D eigenvalue weighted by atomic mass is 9.87. The van der Waals surface area contributed by atoms with E-state index in [-0.39, 0.29) is 11.0 Å². The van der Waals surface area contributed by atoms with E-state index >= 15 is 0 Å². The van der Waals surface area contributed by atoms with Crippen LogP contribution >= 0.6 is 0 Å². The molecule has 0 spiro atoms. The van der Waals surface area contributed by atoms with Crippen LogP contribution in [0.2, 0.25) is 13.1 Å². The SMILES string of the molecule is C[SiH](C)C1=C([SiH](CNC(C)(C)C)c2ccccc2)CC=C1C(C)(C)C. The van der Waals surface area contributed by atoms with E-state index in [0.29, 0.717) is 0 Å². The second kappa shape index (κ2) is 7.77. The molecule has 1 atom stereocenters. The molecule has 3 heteroatoms. The number of benzene rings is 1. The minimum Gasteiger partial charge on any atom is -0.314 e. The molecule has 0 heterocycles. The molecule has 0 aromatic heterocycles. The summed E-state index contributed by atoms with van der Waals surface area (Å²) >= 11 is 0. The second-order valence-electron chi connectivity index (χ2n) is 9.76. The smallest absolute Gasteiger partial charge is 0.111 e. The second-order valence-corrected chi connectivity index (χ2v) is 15.5. The predicted molar refractivity (Wildman–Crippen MR) is 119 cm³/mol. The maximum atomic E-state index is 3.83. The van der Waals surface area contributed by atoms with Crippen LogP contribution in [0.25, 0.3) is 0 Å². The fraction of sp³-hybridized carbons (Fsp3) is 0.545. The number of hydrogen-bond donors (Lipinski definition) is 1. The van der Waals surface area contributed by atoms with Crippen molar-refractivity contribution in [2.45, 2.75) is 66.6 Å². The fourth-order valence-electron chi connectivity index (χ4n) is 3.86. The third-order valence-electron chi connectivity index (χ3n) is 5.01. The van der Waals surface area contributed by atoms with E-state index in [2.05, 4.69) is 96.4 Å². The van der Waals surface area contributed by atoms with Crippen LogP contribution in [-0.2, 0) is 0 Å². The first kappa shape index (κ1) is 20.4. The summed E-state index contributed by atoms with van der Waals surface area (Å²) in [7, 11) is -2.08. The molecule has 1 aromatic rings. The normalized spacial score (nSPS) is 17.2. The molecule has 1 N–H and O–H groups in total. The number of rotatable bonds is 5. The van der Waals surface area contributed by atoms with Crippen LogP contribution in [-0.4, -0.2) is 29.3 Å². The summed E-state index contributed by atoms with van der Waals surface area (Å²) in [6, 6.07) is 11.3. The van der Waals surface area contributed by atoms with Gasteiger partial charge in [0.05, 0.1) is 8.80 Å². The maximum absolute atomic E-state index is 3.83. The highest BCUT2D eigenvalue weighted by Crippen LogP contribution is 2.40. The quantitative estimate of drug-likeness (QED) is 0.762. The zero-order chi connectivity index (χ0) is 18.8. The molecular formula is C22H37NSi2. The highest BCUT2D eigenvalue weighted by Gasteiger charge is 2.33. The van der Waals surface area contributed by atoms with Gasteiger partial charge >= 0.3 is 0 Å². The van der Waals surface area contributed by atoms with Crippen LogP contribution in [0.5, 0.6) is 0 Å². The molecule has 0 bridgehead atoms. The lowest BCUT2D eigenvalue weighted by molar-refractivity contribution is 0.457. The number of nitrogens with one attached hydrogen (secondary N) is 1. The van der Waals surface area contributed by atoms with Crippen LogP contribution < -0.4 is 10.5 Å². The van der Waals surface area contributed by atoms with E-state index in [0.717, 1.165) is 6.17 Å². The molecule has 138 valence electrons. The highest BCUT2D eigenvalue weighted by atomic mass is 28.3. The Morgan fingerprint density at radius 2 is 1.56 bits per heavy atom. The lowest BCUT2D eigenvalue weighted by Gasteiger charge is -2.30. The average Bonchev–Trinajstić information content (AvgIpc) is 2.92. The molecule has 1 aliphatic rings. The van der Waals surface area contributed by atoms with Crippen molar-refractivity contribution >= 4 is 22.8 Å². The summed E-state index contributed by atoms with van der Waals surface area (Å²) in [5, 5.41) is 9.03. The summed E-state index contributed by atoms with van der Waals surface area (Å²) in [6.07, 6.45) is 4.89. The van der Waals surface area contributed by atoms with Gasteiger partial charge in [-0.1, -0.05) is 85.9 Å². The van der Waals surface area contributed by atoms with Gasteiger partial charge in [-0.05, 0) is 44.3 Å². The van der Waals surface area contributed by atoms with Gasteiger partial charge in [0.25, 0.3) is 0 Å². The molecule has 25 heavy (non-hydrogen) atoms. The molecule has 0 aliphatic heterocycles. The number of allylic oxidation sites excluding steroid dienone is 4. The minimum absolute atomic E-state index is 0.175. The fourth-order valence-corrected chi connectivity index (χ4v) is 10.8. The molecule has 1 aliphatic carbocycles. The van der Waals surface area contributed by atoms with Crippen molar-refractivity contribution in [1.82, 2.24) is 5.32 Å². The molecule has 0 amide bonds. The predicted octanol–water partition coefficient (Wildman–Crippen LogP) is 4.29. The topological polar surface area (TPSA) is 12.0 Å². The lowest BCUT2D eigenvalue weighted by Crippen LogP contribution is -2.49. The summed E-state index contributed by atoms with van der Waals surface area (Å²) in [4.78, 5) is 0. The standard InChI is InChI=1S/C22H37NSi2/c1-21(2,3)18-14-15-19(20(18)24(7)8)25(16-23-22(4,5)6)17-12-10-9-11-13-17/h9-14,23-25H,15-16H2,1-8H3. The summed E-state index contributed by atoms with van der Waals surface area (Å²) in [5.74, 6) is 0. The zero-order valence-electron chi connectivity index (χ0n) is 17.5. The first-order valence-corrected chi connectivity index (χ1v) is 14.6. The molecular weight excluding hydrogens is 334 g/mol. The Hall–Kier alpha value is -0.906. The van der Waals surface area contributed by atoms with E-state index in [1.54, 1.807) is 16.0 Å². The van der Waals surface area contributed by atoms with Gasteiger partial charge in [-0.25, -0.2) is 0 Å². The van der Waals surface area contributed by atoms with E-state index in [9.17, 15) is 0 Å². The van der Waals surface area contributed by atoms with Gasteiger partial charge in [0.1, 0.15) is 8.80 Å². The molecule has 0 saturated carbocycles. The van der Waals surface area contributed by atoms with Gasteiger partial charge in [0.15, 0.2) is 0 Å². The van der Waals surface area contributed by atoms with Gasteiger partial charge in [-0.3, -0.25) is 0 Å². The van der Waals surface area contributed by atoms with Crippen molar-refractivity contribution in [1.29, 1.82) is 0 Å². The largest absolute Gasteiger partial charge is 0.314 e. The summed E-state index contributed by atoms with van der Waals surface area (Å²) < 4.78 is 0. The molecule has 0 saturated heterocycles. The van der Waals surface area contributed by atoms with Crippen LogP contribution in [0.3, 0.4) is 0 Å². The van der Waals surface area contributed by atoms with Crippen LogP contribution in [0.1, 0.15) is 48.0 Å². The van der Waals surface area contributed by atoms with Crippen molar-refractivity contribution in [2.75, 3.05) is 6.17 Å². The van der Waals surface area contributed by atoms with Crippen molar-refractivity contribution in [3.63, 3.8) is 0 Å². The van der Waals surface area contributed by atoms with Crippen molar-refractivity contribution < 1.29 is 0 Å². The van der Waals surface area contributed by atoms with Crippen LogP contribution in [0.4, 0.5) is 0 Å². The van der Waals surface area contributed by atoms with E-state index in [4.69, 9.17) is 0 Å². The van der Waals surface area contributed by atoms with Crippen LogP contribution in [0, 0.1) is 5.41 Å². The third kappa shape index (κ3) is 5.29. The first-order valence-electron chi connectivity index (χ1n) is 9.74. The van der Waals surface area contributed by atoms with Crippen LogP contribution in [0.15, 0.2) is 52.4 Å². The zero-order valence-corrected chi connectivity index (χ0v) is 19.8. The third-order valence-corrected chi connectivity index (χ3v) is 10.4. The Labute approximate surface area is 158 Å². The highest BCUT2D eigenvalue weighted by molar-refractivity contribution is 6.82. The molecule has 1 aromatic carbocycles. The van der Waals surface area contributed by atoms with Gasteiger partial charge in [0, 0.05) is 5.54 Å². The maximum Gasteiger partial charge on any atom is 0.111 e. The Morgan fingerprint density at radius 1 is 0.960 bits per heavy atom. The van der Waals surface area contributed by atoms with Gasteiger partial charge in [-0.2, -0.15) is 0 Å². The molecule has 1 unspecified atom stereocenters. The molecule has 2 rings (SSSR count). The molecule has 0 fully saturated rings. The van der Waals surface area contributed by atoms with Gasteiger partial charge < -0.3 is 5.32 Å². The minimum atomic E-state index is -1.22. The molecule has 0 radical (unpaired) electrons. The Balaban J connectivity index is 2.47. The summed E-state index contributed by atoms with van der Waals surface area (Å²) in [5.41, 5.74) is 2.09. The van der Waals surface area contributed by atoms with Gasteiger partial charge in [0.2, 0.25) is 0 Å². The van der Waals surface area contributed by atoms with E-state index in [1.165, 1.54) is 6.42 Å². The Bertz CT molecular complexity index is 643. The average molecular weight is 372 g/mol. The van der Waals surface area contributed by atoms with Crippen molar-refractivity contribution in [3.05, 3.63) is 52.4 Å². The number of hydrogen-bond acceptors (Lipinski definition) is 1. The van der Waals surface area contributed by atoms with Gasteiger partial charge in [-0.15, -0.1) is 0 Å². The first-order chi connectivity index (χ1) is 11.5. The Kier molecular flexibility index (Phi) is 6.34. The van der Waals surface area contributed by atoms with Crippen molar-refractivity contribution in [3.8, 4) is 0 Å².